The van der Waals surface area contributed by atoms with Crippen LogP contribution in [0.4, 0.5) is 5.69 Å². The molecule has 0 aliphatic rings. The second-order valence-electron chi connectivity index (χ2n) is 3.85. The van der Waals surface area contributed by atoms with E-state index < -0.39 is 4.92 Å². The largest absolute Gasteiger partial charge is 0.436 e. The van der Waals surface area contributed by atoms with Gasteiger partial charge in [0.25, 0.3) is 5.69 Å². The fourth-order valence-corrected chi connectivity index (χ4v) is 1.97. The van der Waals surface area contributed by atoms with Crippen molar-refractivity contribution in [2.75, 3.05) is 0 Å². The topological polar surface area (TPSA) is 78.2 Å². The van der Waals surface area contributed by atoms with Crippen molar-refractivity contribution in [3.63, 3.8) is 0 Å². The highest BCUT2D eigenvalue weighted by atomic mass is 79.9. The Morgan fingerprint density at radius 1 is 1.21 bits per heavy atom. The van der Waals surface area contributed by atoms with E-state index in [0.29, 0.717) is 16.0 Å². The molecule has 0 radical (unpaired) electrons. The third-order valence-electron chi connectivity index (χ3n) is 2.40. The molecule has 0 N–H and O–H groups in total. The number of pyridine rings is 2. The van der Waals surface area contributed by atoms with Gasteiger partial charge in [-0.3, -0.25) is 10.1 Å². The molecule has 0 aliphatic carbocycles. The molecule has 7 heteroatoms. The summed E-state index contributed by atoms with van der Waals surface area (Å²) in [5.41, 5.74) is 1.12. The minimum Gasteiger partial charge on any atom is -0.436 e. The first-order valence-electron chi connectivity index (χ1n) is 5.40. The van der Waals surface area contributed by atoms with Gasteiger partial charge in [0.15, 0.2) is 5.75 Å². The van der Waals surface area contributed by atoms with Crippen molar-refractivity contribution in [1.82, 2.24) is 9.97 Å². The van der Waals surface area contributed by atoms with Gasteiger partial charge in [0.2, 0.25) is 5.88 Å². The Balaban J connectivity index is 2.29. The van der Waals surface area contributed by atoms with Crippen molar-refractivity contribution in [2.24, 2.45) is 0 Å². The lowest BCUT2D eigenvalue weighted by Crippen LogP contribution is -1.97. The van der Waals surface area contributed by atoms with Crippen LogP contribution in [-0.2, 0) is 0 Å². The molecule has 0 aliphatic heterocycles. The van der Waals surface area contributed by atoms with E-state index in [1.165, 1.54) is 12.1 Å². The van der Waals surface area contributed by atoms with Crippen LogP contribution >= 0.6 is 15.9 Å². The van der Waals surface area contributed by atoms with Gasteiger partial charge >= 0.3 is 0 Å². The van der Waals surface area contributed by atoms with Crippen molar-refractivity contribution in [1.29, 1.82) is 0 Å². The summed E-state index contributed by atoms with van der Waals surface area (Å²) in [6.45, 7) is 3.43. The maximum absolute atomic E-state index is 10.7. The van der Waals surface area contributed by atoms with Gasteiger partial charge in [0.1, 0.15) is 10.3 Å². The molecule has 0 spiro atoms. The third kappa shape index (κ3) is 3.05. The van der Waals surface area contributed by atoms with Gasteiger partial charge in [-0.15, -0.1) is 0 Å². The SMILES string of the molecule is Cc1ccc(Oc2ccc([N+](=O)[O-])c(C)n2)c(Br)n1. The normalized spacial score (nSPS) is 10.3. The zero-order valence-electron chi connectivity index (χ0n) is 10.3. The van der Waals surface area contributed by atoms with Gasteiger partial charge in [0.05, 0.1) is 4.92 Å². The Kier molecular flexibility index (Phi) is 3.75. The average Bonchev–Trinajstić information content (AvgIpc) is 2.32. The number of hydrogen-bond acceptors (Lipinski definition) is 5. The van der Waals surface area contributed by atoms with Crippen LogP contribution in [0.3, 0.4) is 0 Å². The van der Waals surface area contributed by atoms with Crippen LogP contribution in [0.15, 0.2) is 28.9 Å². The molecule has 2 heterocycles. The Bertz CT molecular complexity index is 646. The summed E-state index contributed by atoms with van der Waals surface area (Å²) in [5.74, 6) is 0.792. The minimum absolute atomic E-state index is 0.0338. The number of aryl methyl sites for hydroxylation is 2. The number of ether oxygens (including phenoxy) is 1. The van der Waals surface area contributed by atoms with Crippen LogP contribution in [-0.4, -0.2) is 14.9 Å². The minimum atomic E-state index is -0.477. The zero-order chi connectivity index (χ0) is 14.0. The summed E-state index contributed by atoms with van der Waals surface area (Å²) in [6.07, 6.45) is 0. The van der Waals surface area contributed by atoms with Crippen LogP contribution in [0.5, 0.6) is 11.6 Å². The lowest BCUT2D eigenvalue weighted by Gasteiger charge is -2.07. The predicted octanol–water partition coefficient (Wildman–Crippen LogP) is 3.56. The molecule has 0 aromatic carbocycles. The Morgan fingerprint density at radius 2 is 1.95 bits per heavy atom. The van der Waals surface area contributed by atoms with Crippen LogP contribution in [0.1, 0.15) is 11.4 Å². The van der Waals surface area contributed by atoms with E-state index in [2.05, 4.69) is 25.9 Å². The van der Waals surface area contributed by atoms with E-state index in [4.69, 9.17) is 4.74 Å². The van der Waals surface area contributed by atoms with Gasteiger partial charge in [0, 0.05) is 17.8 Å². The van der Waals surface area contributed by atoms with E-state index in [1.54, 1.807) is 19.1 Å². The first kappa shape index (κ1) is 13.4. The Labute approximate surface area is 117 Å². The molecule has 0 bridgehead atoms. The quantitative estimate of drug-likeness (QED) is 0.490. The summed E-state index contributed by atoms with van der Waals surface area (Å²) in [4.78, 5) is 18.4. The fraction of sp³-hybridized carbons (Fsp3) is 0.167. The lowest BCUT2D eigenvalue weighted by atomic mass is 10.3. The Morgan fingerprint density at radius 3 is 2.53 bits per heavy atom. The number of nitrogens with zero attached hydrogens (tertiary/aromatic N) is 3. The molecule has 2 aromatic heterocycles. The average molecular weight is 324 g/mol. The molecule has 0 saturated heterocycles. The monoisotopic (exact) mass is 323 g/mol. The van der Waals surface area contributed by atoms with E-state index in [1.807, 2.05) is 6.92 Å². The molecule has 2 aromatic rings. The summed E-state index contributed by atoms with van der Waals surface area (Å²) < 4.78 is 6.10. The van der Waals surface area contributed by atoms with Crippen molar-refractivity contribution >= 4 is 21.6 Å². The summed E-state index contributed by atoms with van der Waals surface area (Å²) in [7, 11) is 0. The van der Waals surface area contributed by atoms with Crippen molar-refractivity contribution in [2.45, 2.75) is 13.8 Å². The van der Waals surface area contributed by atoms with Crippen LogP contribution < -0.4 is 4.74 Å². The number of halogens is 1. The molecule has 0 fully saturated rings. The third-order valence-corrected chi connectivity index (χ3v) is 2.97. The highest BCUT2D eigenvalue weighted by Gasteiger charge is 2.13. The van der Waals surface area contributed by atoms with Gasteiger partial charge in [-0.25, -0.2) is 9.97 Å². The molecule has 19 heavy (non-hydrogen) atoms. The highest BCUT2D eigenvalue weighted by molar-refractivity contribution is 9.10. The fourth-order valence-electron chi connectivity index (χ4n) is 1.48. The van der Waals surface area contributed by atoms with Crippen LogP contribution in [0, 0.1) is 24.0 Å². The van der Waals surface area contributed by atoms with Crippen molar-refractivity contribution < 1.29 is 9.66 Å². The number of aromatic nitrogens is 2. The zero-order valence-corrected chi connectivity index (χ0v) is 11.8. The Hall–Kier alpha value is -2.02. The standard InChI is InChI=1S/C12H10BrN3O3/c1-7-3-5-10(12(13)14-7)19-11-6-4-9(16(17)18)8(2)15-11/h3-6H,1-2H3. The molecule has 0 amide bonds. The van der Waals surface area contributed by atoms with Gasteiger partial charge in [-0.1, -0.05) is 0 Å². The van der Waals surface area contributed by atoms with E-state index in [0.717, 1.165) is 5.69 Å². The second kappa shape index (κ2) is 5.31. The molecule has 0 saturated carbocycles. The highest BCUT2D eigenvalue weighted by Crippen LogP contribution is 2.28. The summed E-state index contributed by atoms with van der Waals surface area (Å²) in [6, 6.07) is 6.38. The number of rotatable bonds is 3. The molecular formula is C12H10BrN3O3. The van der Waals surface area contributed by atoms with Gasteiger partial charge in [-0.2, -0.15) is 0 Å². The summed E-state index contributed by atoms with van der Waals surface area (Å²) >= 11 is 3.29. The molecule has 2 rings (SSSR count). The van der Waals surface area contributed by atoms with Crippen LogP contribution in [0.2, 0.25) is 0 Å². The second-order valence-corrected chi connectivity index (χ2v) is 4.61. The van der Waals surface area contributed by atoms with E-state index >= 15 is 0 Å². The maximum atomic E-state index is 10.7. The van der Waals surface area contributed by atoms with Gasteiger partial charge in [-0.05, 0) is 41.9 Å². The molecule has 0 unspecified atom stereocenters. The van der Waals surface area contributed by atoms with Crippen molar-refractivity contribution in [3.8, 4) is 11.6 Å². The van der Waals surface area contributed by atoms with E-state index in [-0.39, 0.29) is 11.6 Å². The smallest absolute Gasteiger partial charge is 0.290 e. The van der Waals surface area contributed by atoms with Gasteiger partial charge < -0.3 is 4.74 Å². The van der Waals surface area contributed by atoms with E-state index in [9.17, 15) is 10.1 Å². The maximum Gasteiger partial charge on any atom is 0.290 e. The molecule has 98 valence electrons. The predicted molar refractivity (Wildman–Crippen MR) is 72.4 cm³/mol. The lowest BCUT2D eigenvalue weighted by molar-refractivity contribution is -0.385. The molecule has 6 nitrogen and oxygen atoms in total. The number of nitro groups is 1. The molecule has 0 atom stereocenters. The molecular weight excluding hydrogens is 314 g/mol. The first-order valence-corrected chi connectivity index (χ1v) is 6.19. The van der Waals surface area contributed by atoms with Crippen molar-refractivity contribution in [3.05, 3.63) is 50.4 Å². The van der Waals surface area contributed by atoms with Crippen LogP contribution in [0.25, 0.3) is 0 Å². The summed E-state index contributed by atoms with van der Waals surface area (Å²) in [5, 5.41) is 10.7. The number of hydrogen-bond donors (Lipinski definition) is 0. The first-order chi connectivity index (χ1) is 8.97.